The number of anilines is 1. The first-order chi connectivity index (χ1) is 8.44. The summed E-state index contributed by atoms with van der Waals surface area (Å²) in [6, 6.07) is 5.63. The largest absolute Gasteiger partial charge is 0.495 e. The van der Waals surface area contributed by atoms with E-state index in [2.05, 4.69) is 4.90 Å². The number of piperidine rings is 1. The second-order valence-electron chi connectivity index (χ2n) is 5.30. The molecule has 1 aliphatic rings. The van der Waals surface area contributed by atoms with Gasteiger partial charge >= 0.3 is 0 Å². The SMILES string of the molecule is COc1ccc(N2CCC(C)(C)C(=O)C2)cc1Cl. The molecule has 0 bridgehead atoms. The van der Waals surface area contributed by atoms with Crippen LogP contribution >= 0.6 is 11.6 Å². The van der Waals surface area contributed by atoms with Crippen LogP contribution in [0.1, 0.15) is 20.3 Å². The fourth-order valence-electron chi connectivity index (χ4n) is 2.09. The fourth-order valence-corrected chi connectivity index (χ4v) is 2.34. The van der Waals surface area contributed by atoms with E-state index in [-0.39, 0.29) is 11.2 Å². The molecule has 1 aliphatic heterocycles. The molecule has 1 saturated heterocycles. The van der Waals surface area contributed by atoms with Crippen molar-refractivity contribution in [3.05, 3.63) is 23.2 Å². The zero-order valence-corrected chi connectivity index (χ0v) is 11.8. The quantitative estimate of drug-likeness (QED) is 0.824. The minimum atomic E-state index is -0.202. The van der Waals surface area contributed by atoms with E-state index in [0.29, 0.717) is 17.3 Å². The lowest BCUT2D eigenvalue weighted by atomic mass is 9.81. The summed E-state index contributed by atoms with van der Waals surface area (Å²) in [6.45, 7) is 5.35. The Kier molecular flexibility index (Phi) is 3.53. The van der Waals surface area contributed by atoms with Gasteiger partial charge in [-0.3, -0.25) is 4.79 Å². The van der Waals surface area contributed by atoms with Crippen LogP contribution in [0.25, 0.3) is 0 Å². The maximum absolute atomic E-state index is 12.0. The van der Waals surface area contributed by atoms with Crippen LogP contribution in [-0.2, 0) is 4.79 Å². The summed E-state index contributed by atoms with van der Waals surface area (Å²) < 4.78 is 5.12. The maximum atomic E-state index is 12.0. The third kappa shape index (κ3) is 2.46. The van der Waals surface area contributed by atoms with Gasteiger partial charge in [-0.15, -0.1) is 0 Å². The van der Waals surface area contributed by atoms with E-state index in [1.807, 2.05) is 32.0 Å². The van der Waals surface area contributed by atoms with Gasteiger partial charge in [0.2, 0.25) is 0 Å². The first kappa shape index (κ1) is 13.2. The Hall–Kier alpha value is -1.22. The first-order valence-corrected chi connectivity index (χ1v) is 6.43. The Morgan fingerprint density at radius 3 is 2.67 bits per heavy atom. The van der Waals surface area contributed by atoms with Crippen molar-refractivity contribution in [1.82, 2.24) is 0 Å². The van der Waals surface area contributed by atoms with Crippen molar-refractivity contribution >= 4 is 23.1 Å². The van der Waals surface area contributed by atoms with E-state index < -0.39 is 0 Å². The van der Waals surface area contributed by atoms with Crippen LogP contribution in [0.3, 0.4) is 0 Å². The van der Waals surface area contributed by atoms with Gasteiger partial charge in [-0.25, -0.2) is 0 Å². The van der Waals surface area contributed by atoms with Gasteiger partial charge in [-0.05, 0) is 24.6 Å². The molecule has 1 aromatic carbocycles. The molecule has 0 atom stereocenters. The van der Waals surface area contributed by atoms with Crippen molar-refractivity contribution in [3.63, 3.8) is 0 Å². The maximum Gasteiger partial charge on any atom is 0.157 e. The number of hydrogen-bond acceptors (Lipinski definition) is 3. The number of halogens is 1. The molecular weight excluding hydrogens is 250 g/mol. The molecule has 1 fully saturated rings. The molecule has 2 rings (SSSR count). The summed E-state index contributed by atoms with van der Waals surface area (Å²) in [6.07, 6.45) is 0.871. The zero-order valence-electron chi connectivity index (χ0n) is 11.0. The van der Waals surface area contributed by atoms with E-state index >= 15 is 0 Å². The highest BCUT2D eigenvalue weighted by molar-refractivity contribution is 6.32. The van der Waals surface area contributed by atoms with Crippen LogP contribution < -0.4 is 9.64 Å². The summed E-state index contributed by atoms with van der Waals surface area (Å²) in [7, 11) is 1.59. The topological polar surface area (TPSA) is 29.5 Å². The summed E-state index contributed by atoms with van der Waals surface area (Å²) in [5, 5.41) is 0.576. The van der Waals surface area contributed by atoms with Gasteiger partial charge in [0, 0.05) is 17.6 Å². The van der Waals surface area contributed by atoms with Crippen LogP contribution in [0.4, 0.5) is 5.69 Å². The van der Waals surface area contributed by atoms with Gasteiger partial charge in [0.15, 0.2) is 5.78 Å². The molecule has 0 radical (unpaired) electrons. The Morgan fingerprint density at radius 1 is 1.39 bits per heavy atom. The second kappa shape index (κ2) is 4.81. The molecule has 0 spiro atoms. The number of ketones is 1. The number of Topliss-reactive ketones (excluding diaryl/α,β-unsaturated/α-hetero) is 1. The third-order valence-corrected chi connectivity index (χ3v) is 3.89. The van der Waals surface area contributed by atoms with Crippen LogP contribution in [0, 0.1) is 5.41 Å². The van der Waals surface area contributed by atoms with Crippen molar-refractivity contribution in [2.45, 2.75) is 20.3 Å². The number of methoxy groups -OCH3 is 1. The van der Waals surface area contributed by atoms with Crippen molar-refractivity contribution < 1.29 is 9.53 Å². The molecule has 98 valence electrons. The van der Waals surface area contributed by atoms with E-state index in [9.17, 15) is 4.79 Å². The number of benzene rings is 1. The number of hydrogen-bond donors (Lipinski definition) is 0. The van der Waals surface area contributed by atoms with Crippen molar-refractivity contribution in [1.29, 1.82) is 0 Å². The number of rotatable bonds is 2. The Labute approximate surface area is 113 Å². The summed E-state index contributed by atoms with van der Waals surface area (Å²) in [5.74, 6) is 0.935. The molecule has 1 aromatic rings. The Morgan fingerprint density at radius 2 is 2.11 bits per heavy atom. The molecule has 0 amide bonds. The van der Waals surface area contributed by atoms with Gasteiger partial charge in [-0.2, -0.15) is 0 Å². The number of nitrogens with zero attached hydrogens (tertiary/aromatic N) is 1. The minimum absolute atomic E-state index is 0.202. The molecule has 0 aliphatic carbocycles. The van der Waals surface area contributed by atoms with Crippen molar-refractivity contribution in [2.75, 3.05) is 25.1 Å². The summed E-state index contributed by atoms with van der Waals surface area (Å²) in [5.41, 5.74) is 0.775. The highest BCUT2D eigenvalue weighted by atomic mass is 35.5. The molecule has 0 N–H and O–H groups in total. The van der Waals surface area contributed by atoms with Crippen LogP contribution in [0.2, 0.25) is 5.02 Å². The summed E-state index contributed by atoms with van der Waals surface area (Å²) in [4.78, 5) is 14.1. The molecule has 4 heteroatoms. The Bertz CT molecular complexity index is 471. The van der Waals surface area contributed by atoms with Gasteiger partial charge in [0.1, 0.15) is 5.75 Å². The molecule has 18 heavy (non-hydrogen) atoms. The smallest absolute Gasteiger partial charge is 0.157 e. The molecule has 0 saturated carbocycles. The lowest BCUT2D eigenvalue weighted by Crippen LogP contribution is -2.45. The Balaban J connectivity index is 2.19. The average Bonchev–Trinajstić information content (AvgIpc) is 2.32. The average molecular weight is 268 g/mol. The number of carbonyl (C=O) groups is 1. The molecule has 0 aromatic heterocycles. The van der Waals surface area contributed by atoms with E-state index in [1.165, 1.54) is 0 Å². The van der Waals surface area contributed by atoms with Crippen molar-refractivity contribution in [2.24, 2.45) is 5.41 Å². The fraction of sp³-hybridized carbons (Fsp3) is 0.500. The standard InChI is InChI=1S/C14H18ClNO2/c1-14(2)6-7-16(9-13(14)17)10-4-5-12(18-3)11(15)8-10/h4-5,8H,6-7,9H2,1-3H3. The number of ether oxygens (including phenoxy) is 1. The minimum Gasteiger partial charge on any atom is -0.495 e. The van der Waals surface area contributed by atoms with Gasteiger partial charge in [0.05, 0.1) is 18.7 Å². The third-order valence-electron chi connectivity index (χ3n) is 3.60. The lowest BCUT2D eigenvalue weighted by molar-refractivity contribution is -0.127. The molecule has 1 heterocycles. The summed E-state index contributed by atoms with van der Waals surface area (Å²) >= 11 is 6.10. The van der Waals surface area contributed by atoms with Crippen LogP contribution in [0.5, 0.6) is 5.75 Å². The van der Waals surface area contributed by atoms with Gasteiger partial charge in [0.25, 0.3) is 0 Å². The van der Waals surface area contributed by atoms with Crippen molar-refractivity contribution in [3.8, 4) is 5.75 Å². The van der Waals surface area contributed by atoms with Crippen LogP contribution in [-0.4, -0.2) is 26.0 Å². The van der Waals surface area contributed by atoms with E-state index in [4.69, 9.17) is 16.3 Å². The second-order valence-corrected chi connectivity index (χ2v) is 5.70. The van der Waals surface area contributed by atoms with Crippen LogP contribution in [0.15, 0.2) is 18.2 Å². The zero-order chi connectivity index (χ0) is 13.3. The normalized spacial score (nSPS) is 18.9. The molecule has 3 nitrogen and oxygen atoms in total. The molecular formula is C14H18ClNO2. The highest BCUT2D eigenvalue weighted by Crippen LogP contribution is 2.33. The first-order valence-electron chi connectivity index (χ1n) is 6.06. The number of carbonyl (C=O) groups excluding carboxylic acids is 1. The van der Waals surface area contributed by atoms with Gasteiger partial charge < -0.3 is 9.64 Å². The van der Waals surface area contributed by atoms with Gasteiger partial charge in [-0.1, -0.05) is 25.4 Å². The lowest BCUT2D eigenvalue weighted by Gasteiger charge is -2.36. The monoisotopic (exact) mass is 267 g/mol. The molecule has 0 unspecified atom stereocenters. The highest BCUT2D eigenvalue weighted by Gasteiger charge is 2.33. The van der Waals surface area contributed by atoms with E-state index in [0.717, 1.165) is 18.7 Å². The van der Waals surface area contributed by atoms with E-state index in [1.54, 1.807) is 7.11 Å². The predicted molar refractivity (Wildman–Crippen MR) is 73.6 cm³/mol. The predicted octanol–water partition coefficient (Wildman–Crippen LogP) is 3.15.